The highest BCUT2D eigenvalue weighted by Gasteiger charge is 2.08. The van der Waals surface area contributed by atoms with E-state index in [-0.39, 0.29) is 24.0 Å². The number of aliphatic imine (C=N–C) groups is 1. The number of nitrogens with two attached hydrogens (primary N) is 1. The molecule has 0 aromatic heterocycles. The van der Waals surface area contributed by atoms with Gasteiger partial charge in [-0.1, -0.05) is 31.2 Å². The molecule has 25 heavy (non-hydrogen) atoms. The number of halogens is 1. The maximum Gasteiger partial charge on any atom is 0.193 e. The maximum atomic E-state index is 5.93. The Hall–Kier alpha value is -1.96. The summed E-state index contributed by atoms with van der Waals surface area (Å²) in [6.07, 6.45) is 0.891. The Kier molecular flexibility index (Phi) is 9.12. The molecule has 2 aromatic rings. The lowest BCUT2D eigenvalue weighted by Crippen LogP contribution is -2.23. The first-order chi connectivity index (χ1) is 11.6. The van der Waals surface area contributed by atoms with Crippen LogP contribution in [0.15, 0.2) is 53.5 Å². The zero-order valence-electron chi connectivity index (χ0n) is 14.9. The molecular formula is C19H26IN3O2. The number of anilines is 1. The molecule has 0 aliphatic heterocycles. The highest BCUT2D eigenvalue weighted by Crippen LogP contribution is 2.28. The SMILES string of the molecule is COc1ccc(CC(C)CN=C(N)Nc2ccccc2)cc1OC.I. The summed E-state index contributed by atoms with van der Waals surface area (Å²) in [5, 5.41) is 3.09. The fourth-order valence-corrected chi connectivity index (χ4v) is 2.44. The van der Waals surface area contributed by atoms with Crippen LogP contribution in [0.1, 0.15) is 12.5 Å². The number of benzene rings is 2. The molecule has 0 spiro atoms. The molecule has 0 saturated heterocycles. The van der Waals surface area contributed by atoms with Gasteiger partial charge >= 0.3 is 0 Å². The lowest BCUT2D eigenvalue weighted by Gasteiger charge is -2.13. The summed E-state index contributed by atoms with van der Waals surface area (Å²) in [5.74, 6) is 2.28. The van der Waals surface area contributed by atoms with Crippen molar-refractivity contribution in [2.75, 3.05) is 26.1 Å². The zero-order valence-corrected chi connectivity index (χ0v) is 17.2. The Morgan fingerprint density at radius 1 is 1.08 bits per heavy atom. The molecule has 1 atom stereocenters. The molecule has 136 valence electrons. The first kappa shape index (κ1) is 21.1. The highest BCUT2D eigenvalue weighted by atomic mass is 127. The second-order valence-corrected chi connectivity index (χ2v) is 5.72. The Bertz CT molecular complexity index is 678. The molecule has 0 bridgehead atoms. The summed E-state index contributed by atoms with van der Waals surface area (Å²) in [6.45, 7) is 2.80. The molecule has 0 radical (unpaired) electrons. The van der Waals surface area contributed by atoms with E-state index in [2.05, 4.69) is 17.2 Å². The van der Waals surface area contributed by atoms with Crippen molar-refractivity contribution in [3.63, 3.8) is 0 Å². The topological polar surface area (TPSA) is 68.9 Å². The van der Waals surface area contributed by atoms with Crippen LogP contribution in [0.3, 0.4) is 0 Å². The lowest BCUT2D eigenvalue weighted by atomic mass is 10.0. The van der Waals surface area contributed by atoms with E-state index in [0.29, 0.717) is 18.4 Å². The third-order valence-corrected chi connectivity index (χ3v) is 3.65. The number of para-hydroxylation sites is 1. The summed E-state index contributed by atoms with van der Waals surface area (Å²) in [4.78, 5) is 4.42. The van der Waals surface area contributed by atoms with Crippen molar-refractivity contribution in [1.82, 2.24) is 0 Å². The van der Waals surface area contributed by atoms with Gasteiger partial charge in [-0.2, -0.15) is 0 Å². The number of nitrogens with one attached hydrogen (secondary N) is 1. The number of ether oxygens (including phenoxy) is 2. The van der Waals surface area contributed by atoms with E-state index in [1.165, 1.54) is 5.56 Å². The molecule has 2 aromatic carbocycles. The molecular weight excluding hydrogens is 429 g/mol. The van der Waals surface area contributed by atoms with Crippen molar-refractivity contribution in [3.05, 3.63) is 54.1 Å². The average Bonchev–Trinajstić information content (AvgIpc) is 2.60. The Balaban J connectivity index is 0.00000312. The molecule has 0 fully saturated rings. The van der Waals surface area contributed by atoms with Gasteiger partial charge in [0, 0.05) is 12.2 Å². The molecule has 3 N–H and O–H groups in total. The van der Waals surface area contributed by atoms with Crippen LogP contribution in [-0.4, -0.2) is 26.7 Å². The summed E-state index contributed by atoms with van der Waals surface area (Å²) in [6, 6.07) is 15.8. The van der Waals surface area contributed by atoms with Gasteiger partial charge in [0.25, 0.3) is 0 Å². The normalized spacial score (nSPS) is 12.0. The van der Waals surface area contributed by atoms with Crippen LogP contribution in [0.5, 0.6) is 11.5 Å². The third kappa shape index (κ3) is 6.81. The Morgan fingerprint density at radius 3 is 2.40 bits per heavy atom. The van der Waals surface area contributed by atoms with Gasteiger partial charge in [0.2, 0.25) is 0 Å². The molecule has 5 nitrogen and oxygen atoms in total. The lowest BCUT2D eigenvalue weighted by molar-refractivity contribution is 0.354. The van der Waals surface area contributed by atoms with E-state index in [4.69, 9.17) is 15.2 Å². The van der Waals surface area contributed by atoms with Crippen molar-refractivity contribution in [2.24, 2.45) is 16.6 Å². The van der Waals surface area contributed by atoms with Gasteiger partial charge < -0.3 is 20.5 Å². The van der Waals surface area contributed by atoms with Crippen LogP contribution in [0.2, 0.25) is 0 Å². The molecule has 2 rings (SSSR count). The number of hydrogen-bond acceptors (Lipinski definition) is 3. The van der Waals surface area contributed by atoms with Crippen molar-refractivity contribution >= 4 is 35.6 Å². The second kappa shape index (κ2) is 10.8. The molecule has 6 heteroatoms. The van der Waals surface area contributed by atoms with Crippen molar-refractivity contribution < 1.29 is 9.47 Å². The van der Waals surface area contributed by atoms with Crippen LogP contribution in [0, 0.1) is 5.92 Å². The minimum absolute atomic E-state index is 0. The highest BCUT2D eigenvalue weighted by molar-refractivity contribution is 14.0. The van der Waals surface area contributed by atoms with E-state index >= 15 is 0 Å². The third-order valence-electron chi connectivity index (χ3n) is 3.65. The van der Waals surface area contributed by atoms with Crippen molar-refractivity contribution in [2.45, 2.75) is 13.3 Å². The van der Waals surface area contributed by atoms with Gasteiger partial charge in [0.05, 0.1) is 14.2 Å². The molecule has 0 aliphatic rings. The summed E-state index contributed by atoms with van der Waals surface area (Å²) in [5.41, 5.74) is 8.05. The predicted octanol–water partition coefficient (Wildman–Crippen LogP) is 3.93. The summed E-state index contributed by atoms with van der Waals surface area (Å²) >= 11 is 0. The van der Waals surface area contributed by atoms with E-state index in [1.807, 2.05) is 48.5 Å². The van der Waals surface area contributed by atoms with Crippen LogP contribution in [0.4, 0.5) is 5.69 Å². The molecule has 0 saturated carbocycles. The zero-order chi connectivity index (χ0) is 17.4. The van der Waals surface area contributed by atoms with Crippen LogP contribution in [-0.2, 0) is 6.42 Å². The number of nitrogens with zero attached hydrogens (tertiary/aromatic N) is 1. The predicted molar refractivity (Wildman–Crippen MR) is 114 cm³/mol. The van der Waals surface area contributed by atoms with Crippen LogP contribution >= 0.6 is 24.0 Å². The molecule has 0 heterocycles. The Labute approximate surface area is 166 Å². The van der Waals surface area contributed by atoms with E-state index in [1.54, 1.807) is 14.2 Å². The van der Waals surface area contributed by atoms with E-state index in [0.717, 1.165) is 23.6 Å². The summed E-state index contributed by atoms with van der Waals surface area (Å²) in [7, 11) is 3.28. The number of hydrogen-bond donors (Lipinski definition) is 2. The van der Waals surface area contributed by atoms with Gasteiger partial charge in [-0.3, -0.25) is 4.99 Å². The van der Waals surface area contributed by atoms with E-state index < -0.39 is 0 Å². The largest absolute Gasteiger partial charge is 0.493 e. The maximum absolute atomic E-state index is 5.93. The fraction of sp³-hybridized carbons (Fsp3) is 0.316. The van der Waals surface area contributed by atoms with Crippen molar-refractivity contribution in [3.8, 4) is 11.5 Å². The quantitative estimate of drug-likeness (QED) is 0.377. The fourth-order valence-electron chi connectivity index (χ4n) is 2.44. The second-order valence-electron chi connectivity index (χ2n) is 5.72. The first-order valence-corrected chi connectivity index (χ1v) is 7.95. The van der Waals surface area contributed by atoms with Gasteiger partial charge in [-0.05, 0) is 42.2 Å². The smallest absolute Gasteiger partial charge is 0.193 e. The number of methoxy groups -OCH3 is 2. The standard InChI is InChI=1S/C19H25N3O2.HI/c1-14(11-15-9-10-17(23-2)18(12-15)24-3)13-21-19(20)22-16-7-5-4-6-8-16;/h4-10,12,14H,11,13H2,1-3H3,(H3,20,21,22);1H. The molecule has 0 amide bonds. The van der Waals surface area contributed by atoms with Crippen molar-refractivity contribution in [1.29, 1.82) is 0 Å². The number of guanidine groups is 1. The van der Waals surface area contributed by atoms with Gasteiger partial charge in [0.15, 0.2) is 17.5 Å². The monoisotopic (exact) mass is 455 g/mol. The van der Waals surface area contributed by atoms with Crippen LogP contribution < -0.4 is 20.5 Å². The summed E-state index contributed by atoms with van der Waals surface area (Å²) < 4.78 is 10.6. The van der Waals surface area contributed by atoms with Gasteiger partial charge in [0.1, 0.15) is 0 Å². The first-order valence-electron chi connectivity index (χ1n) is 7.95. The van der Waals surface area contributed by atoms with Crippen LogP contribution in [0.25, 0.3) is 0 Å². The van der Waals surface area contributed by atoms with E-state index in [9.17, 15) is 0 Å². The minimum Gasteiger partial charge on any atom is -0.493 e. The van der Waals surface area contributed by atoms with Gasteiger partial charge in [-0.25, -0.2) is 0 Å². The number of rotatable bonds is 7. The average molecular weight is 455 g/mol. The molecule has 0 aliphatic carbocycles. The molecule has 1 unspecified atom stereocenters. The van der Waals surface area contributed by atoms with Gasteiger partial charge in [-0.15, -0.1) is 24.0 Å². The minimum atomic E-state index is 0. The Morgan fingerprint density at radius 2 is 1.76 bits per heavy atom.